The van der Waals surface area contributed by atoms with E-state index < -0.39 is 11.9 Å². The summed E-state index contributed by atoms with van der Waals surface area (Å²) in [4.78, 5) is 25.4. The number of ether oxygens (including phenoxy) is 1. The minimum absolute atomic E-state index is 0.0165. The Hall–Kier alpha value is -4.07. The van der Waals surface area contributed by atoms with Crippen LogP contribution in [0.1, 0.15) is 11.3 Å². The highest BCUT2D eigenvalue weighted by molar-refractivity contribution is 5.89. The lowest BCUT2D eigenvalue weighted by molar-refractivity contribution is 0.215. The van der Waals surface area contributed by atoms with Crippen molar-refractivity contribution < 1.29 is 13.9 Å². The van der Waals surface area contributed by atoms with Crippen LogP contribution >= 0.6 is 0 Å². The van der Waals surface area contributed by atoms with Gasteiger partial charge in [-0.1, -0.05) is 18.2 Å². The maximum Gasteiger partial charge on any atom is 0.417 e. The van der Waals surface area contributed by atoms with Gasteiger partial charge >= 0.3 is 6.09 Å². The number of nitrogens with one attached hydrogen (secondary N) is 2. The highest BCUT2D eigenvalue weighted by atomic mass is 19.1. The number of anilines is 2. The zero-order valence-electron chi connectivity index (χ0n) is 17.2. The van der Waals surface area contributed by atoms with Gasteiger partial charge in [0.05, 0.1) is 5.69 Å². The SMILES string of the molecule is CNc1ncc2cc(-c3cc(NC(=O)Oc4ccccc4)c(F)cc3C)c(C)nc2n1. The van der Waals surface area contributed by atoms with Gasteiger partial charge in [-0.05, 0) is 55.3 Å². The molecule has 31 heavy (non-hydrogen) atoms. The lowest BCUT2D eigenvalue weighted by atomic mass is 9.97. The molecule has 0 unspecified atom stereocenters. The van der Waals surface area contributed by atoms with Crippen LogP contribution in [0.15, 0.2) is 54.7 Å². The Balaban J connectivity index is 1.69. The molecule has 0 aliphatic rings. The first-order valence-corrected chi connectivity index (χ1v) is 9.61. The fourth-order valence-corrected chi connectivity index (χ4v) is 3.24. The molecule has 4 aromatic rings. The molecule has 2 aromatic heterocycles. The van der Waals surface area contributed by atoms with Crippen LogP contribution in [-0.2, 0) is 0 Å². The summed E-state index contributed by atoms with van der Waals surface area (Å²) in [5.41, 5.74) is 3.54. The molecule has 0 saturated heterocycles. The van der Waals surface area contributed by atoms with Crippen molar-refractivity contribution in [3.8, 4) is 16.9 Å². The van der Waals surface area contributed by atoms with E-state index in [1.165, 1.54) is 6.07 Å². The zero-order valence-corrected chi connectivity index (χ0v) is 17.2. The van der Waals surface area contributed by atoms with Gasteiger partial charge in [-0.3, -0.25) is 5.32 Å². The second-order valence-corrected chi connectivity index (χ2v) is 6.95. The molecular formula is C23H20FN5O2. The third kappa shape index (κ3) is 4.28. The molecule has 0 aliphatic carbocycles. The van der Waals surface area contributed by atoms with Crippen LogP contribution in [-0.4, -0.2) is 28.1 Å². The molecule has 0 saturated carbocycles. The summed E-state index contributed by atoms with van der Waals surface area (Å²) in [5.74, 6) is 0.288. The van der Waals surface area contributed by atoms with Gasteiger partial charge in [0, 0.05) is 29.9 Å². The van der Waals surface area contributed by atoms with E-state index in [0.29, 0.717) is 22.9 Å². The van der Waals surface area contributed by atoms with Gasteiger partial charge in [0.25, 0.3) is 0 Å². The Morgan fingerprint density at radius 1 is 1.03 bits per heavy atom. The topological polar surface area (TPSA) is 89.0 Å². The van der Waals surface area contributed by atoms with Crippen LogP contribution in [0, 0.1) is 19.7 Å². The molecule has 156 valence electrons. The second kappa shape index (κ2) is 8.35. The number of aryl methyl sites for hydroxylation is 2. The average Bonchev–Trinajstić information content (AvgIpc) is 2.75. The average molecular weight is 417 g/mol. The smallest absolute Gasteiger partial charge is 0.410 e. The number of carbonyl (C=O) groups is 1. The lowest BCUT2D eigenvalue weighted by Gasteiger charge is -2.14. The van der Waals surface area contributed by atoms with Crippen LogP contribution in [0.5, 0.6) is 5.75 Å². The molecule has 0 fully saturated rings. The Morgan fingerprint density at radius 3 is 2.55 bits per heavy atom. The van der Waals surface area contributed by atoms with Crippen molar-refractivity contribution in [2.75, 3.05) is 17.7 Å². The van der Waals surface area contributed by atoms with Crippen LogP contribution in [0.4, 0.5) is 20.8 Å². The van der Waals surface area contributed by atoms with E-state index >= 15 is 0 Å². The third-order valence-corrected chi connectivity index (χ3v) is 4.78. The summed E-state index contributed by atoms with van der Waals surface area (Å²) < 4.78 is 19.8. The molecule has 0 aliphatic heterocycles. The molecule has 0 atom stereocenters. The number of aromatic nitrogens is 3. The van der Waals surface area contributed by atoms with E-state index in [1.54, 1.807) is 56.6 Å². The molecule has 2 aromatic carbocycles. The first-order chi connectivity index (χ1) is 14.9. The highest BCUT2D eigenvalue weighted by Gasteiger charge is 2.16. The molecule has 1 amide bonds. The Labute approximate surface area is 178 Å². The number of halogens is 1. The van der Waals surface area contributed by atoms with Crippen molar-refractivity contribution in [3.05, 3.63) is 71.8 Å². The number of hydrogen-bond acceptors (Lipinski definition) is 6. The van der Waals surface area contributed by atoms with Gasteiger partial charge in [-0.2, -0.15) is 4.98 Å². The van der Waals surface area contributed by atoms with Crippen molar-refractivity contribution >= 4 is 28.8 Å². The maximum atomic E-state index is 14.6. The molecule has 0 radical (unpaired) electrons. The van der Waals surface area contributed by atoms with E-state index in [1.807, 2.05) is 13.0 Å². The van der Waals surface area contributed by atoms with Gasteiger partial charge < -0.3 is 10.1 Å². The quantitative estimate of drug-likeness (QED) is 0.480. The number of pyridine rings is 1. The number of carbonyl (C=O) groups excluding carboxylic acids is 1. The van der Waals surface area contributed by atoms with Crippen molar-refractivity contribution in [1.29, 1.82) is 0 Å². The number of fused-ring (bicyclic) bond motifs is 1. The summed E-state index contributed by atoms with van der Waals surface area (Å²) >= 11 is 0. The molecule has 2 N–H and O–H groups in total. The first kappa shape index (κ1) is 20.2. The van der Waals surface area contributed by atoms with Crippen LogP contribution < -0.4 is 15.4 Å². The fourth-order valence-electron chi connectivity index (χ4n) is 3.24. The van der Waals surface area contributed by atoms with E-state index in [-0.39, 0.29) is 5.69 Å². The van der Waals surface area contributed by atoms with Gasteiger partial charge in [-0.25, -0.2) is 19.2 Å². The molecule has 2 heterocycles. The van der Waals surface area contributed by atoms with Gasteiger partial charge in [0.2, 0.25) is 5.95 Å². The van der Waals surface area contributed by atoms with Crippen LogP contribution in [0.2, 0.25) is 0 Å². The van der Waals surface area contributed by atoms with E-state index in [9.17, 15) is 9.18 Å². The molecule has 4 rings (SSSR count). The largest absolute Gasteiger partial charge is 0.417 e. The maximum absolute atomic E-state index is 14.6. The standard InChI is InChI=1S/C23H20FN5O2/c1-13-9-19(24)20(28-23(30)31-16-7-5-4-6-8-16)11-17(13)18-10-15-12-26-22(25-3)29-21(15)27-14(18)2/h4-12H,1-3H3,(H,28,30)(H,25,26,27,29). The summed E-state index contributed by atoms with van der Waals surface area (Å²) in [7, 11) is 1.74. The van der Waals surface area contributed by atoms with E-state index in [4.69, 9.17) is 4.74 Å². The van der Waals surface area contributed by atoms with Crippen LogP contribution in [0.25, 0.3) is 22.2 Å². The second-order valence-electron chi connectivity index (χ2n) is 6.95. The number of nitrogens with zero attached hydrogens (tertiary/aromatic N) is 3. The van der Waals surface area contributed by atoms with Crippen LogP contribution in [0.3, 0.4) is 0 Å². The van der Waals surface area contributed by atoms with Crippen molar-refractivity contribution in [3.63, 3.8) is 0 Å². The number of para-hydroxylation sites is 1. The van der Waals surface area contributed by atoms with Gasteiger partial charge in [-0.15, -0.1) is 0 Å². The predicted octanol–water partition coefficient (Wildman–Crippen LogP) is 5.10. The Morgan fingerprint density at radius 2 is 1.81 bits per heavy atom. The minimum atomic E-state index is -0.777. The number of benzene rings is 2. The molecular weight excluding hydrogens is 397 g/mol. The van der Waals surface area contributed by atoms with Crippen molar-refractivity contribution in [1.82, 2.24) is 15.0 Å². The number of hydrogen-bond donors (Lipinski definition) is 2. The predicted molar refractivity (Wildman–Crippen MR) is 118 cm³/mol. The third-order valence-electron chi connectivity index (χ3n) is 4.78. The van der Waals surface area contributed by atoms with Crippen molar-refractivity contribution in [2.45, 2.75) is 13.8 Å². The van der Waals surface area contributed by atoms with E-state index in [2.05, 4.69) is 25.6 Å². The highest BCUT2D eigenvalue weighted by Crippen LogP contribution is 2.32. The Kier molecular flexibility index (Phi) is 5.44. The van der Waals surface area contributed by atoms with E-state index in [0.717, 1.165) is 22.2 Å². The number of rotatable bonds is 4. The fraction of sp³-hybridized carbons (Fsp3) is 0.130. The lowest BCUT2D eigenvalue weighted by Crippen LogP contribution is -2.17. The summed E-state index contributed by atoms with van der Waals surface area (Å²) in [6, 6.07) is 13.4. The summed E-state index contributed by atoms with van der Waals surface area (Å²) in [5, 5.41) is 6.12. The van der Waals surface area contributed by atoms with Gasteiger partial charge in [0.1, 0.15) is 11.6 Å². The van der Waals surface area contributed by atoms with Gasteiger partial charge in [0.15, 0.2) is 5.65 Å². The first-order valence-electron chi connectivity index (χ1n) is 9.61. The summed E-state index contributed by atoms with van der Waals surface area (Å²) in [6.45, 7) is 3.66. The normalized spacial score (nSPS) is 10.7. The molecule has 0 bridgehead atoms. The Bertz CT molecular complexity index is 1280. The number of amides is 1. The monoisotopic (exact) mass is 417 g/mol. The molecule has 0 spiro atoms. The summed E-state index contributed by atoms with van der Waals surface area (Å²) in [6.07, 6.45) is 0.903. The minimum Gasteiger partial charge on any atom is -0.410 e. The zero-order chi connectivity index (χ0) is 22.0. The molecule has 7 nitrogen and oxygen atoms in total. The molecule has 8 heteroatoms. The van der Waals surface area contributed by atoms with Crippen molar-refractivity contribution in [2.24, 2.45) is 0 Å².